The maximum atomic E-state index is 12.2. The first-order valence-electron chi connectivity index (χ1n) is 14.5. The lowest BCUT2D eigenvalue weighted by molar-refractivity contribution is 0.373. The highest BCUT2D eigenvalue weighted by Gasteiger charge is 2.10. The molecule has 208 valence electrons. The van der Waals surface area contributed by atoms with E-state index in [0.29, 0.717) is 12.2 Å². The summed E-state index contributed by atoms with van der Waals surface area (Å²) in [6, 6.07) is 4.85. The lowest BCUT2D eigenvalue weighted by atomic mass is 10.1. The van der Waals surface area contributed by atoms with Crippen LogP contribution in [0.5, 0.6) is 11.5 Å². The van der Waals surface area contributed by atoms with Crippen molar-refractivity contribution in [3.63, 3.8) is 0 Å². The van der Waals surface area contributed by atoms with Gasteiger partial charge in [0.2, 0.25) is 10.0 Å². The van der Waals surface area contributed by atoms with Crippen molar-refractivity contribution in [2.24, 2.45) is 0 Å². The van der Waals surface area contributed by atoms with Gasteiger partial charge < -0.3 is 9.84 Å². The number of sulfonamides is 1. The minimum atomic E-state index is -3.29. The summed E-state index contributed by atoms with van der Waals surface area (Å²) in [7, 11) is -1.82. The van der Waals surface area contributed by atoms with Gasteiger partial charge in [0.25, 0.3) is 0 Å². The summed E-state index contributed by atoms with van der Waals surface area (Å²) in [5.74, 6) is 0.553. The molecule has 1 aromatic carbocycles. The van der Waals surface area contributed by atoms with E-state index in [-0.39, 0.29) is 18.0 Å². The fourth-order valence-electron chi connectivity index (χ4n) is 4.34. The number of aromatic hydroxyl groups is 1. The topological polar surface area (TPSA) is 75.6 Å². The van der Waals surface area contributed by atoms with E-state index >= 15 is 0 Å². The van der Waals surface area contributed by atoms with Gasteiger partial charge in [0, 0.05) is 6.54 Å². The summed E-state index contributed by atoms with van der Waals surface area (Å²) in [6.07, 6.45) is 27.3. The van der Waals surface area contributed by atoms with Crippen molar-refractivity contribution in [2.75, 3.05) is 12.9 Å². The van der Waals surface area contributed by atoms with Gasteiger partial charge in [-0.15, -0.1) is 0 Å². The van der Waals surface area contributed by atoms with Crippen molar-refractivity contribution < 1.29 is 18.3 Å². The van der Waals surface area contributed by atoms with Crippen LogP contribution in [0, 0.1) is 0 Å². The highest BCUT2D eigenvalue weighted by atomic mass is 32.2. The van der Waals surface area contributed by atoms with Crippen LogP contribution in [0.3, 0.4) is 0 Å². The van der Waals surface area contributed by atoms with Gasteiger partial charge >= 0.3 is 0 Å². The van der Waals surface area contributed by atoms with Crippen LogP contribution in [0.1, 0.15) is 128 Å². The molecule has 0 radical (unpaired) electrons. The summed E-state index contributed by atoms with van der Waals surface area (Å²) in [4.78, 5) is 0. The molecule has 0 saturated carbocycles. The predicted octanol–water partition coefficient (Wildman–Crippen LogP) is 8.42. The van der Waals surface area contributed by atoms with E-state index in [2.05, 4.69) is 23.8 Å². The molecule has 0 fully saturated rings. The van der Waals surface area contributed by atoms with Crippen LogP contribution >= 0.6 is 0 Å². The quantitative estimate of drug-likeness (QED) is 0.105. The molecule has 0 atom stereocenters. The van der Waals surface area contributed by atoms with Crippen LogP contribution in [-0.2, 0) is 16.6 Å². The van der Waals surface area contributed by atoms with Gasteiger partial charge in [0.15, 0.2) is 11.5 Å². The number of unbranched alkanes of at least 4 members (excludes halogenated alkanes) is 16. The van der Waals surface area contributed by atoms with E-state index < -0.39 is 10.0 Å². The third-order valence-electron chi connectivity index (χ3n) is 6.67. The largest absolute Gasteiger partial charge is 0.504 e. The lowest BCUT2D eigenvalue weighted by Gasteiger charge is -2.09. The lowest BCUT2D eigenvalue weighted by Crippen LogP contribution is -2.25. The van der Waals surface area contributed by atoms with Crippen molar-refractivity contribution in [1.82, 2.24) is 4.72 Å². The molecule has 5 nitrogen and oxygen atoms in total. The Morgan fingerprint density at radius 3 is 1.81 bits per heavy atom. The summed E-state index contributed by atoms with van der Waals surface area (Å²) in [5.41, 5.74) is 0.757. The third-order valence-corrected chi connectivity index (χ3v) is 8.08. The van der Waals surface area contributed by atoms with Gasteiger partial charge in [-0.3, -0.25) is 0 Å². The van der Waals surface area contributed by atoms with E-state index in [4.69, 9.17) is 4.74 Å². The number of ether oxygens (including phenoxy) is 1. The molecule has 2 N–H and O–H groups in total. The molecule has 0 aliphatic carbocycles. The van der Waals surface area contributed by atoms with E-state index in [0.717, 1.165) is 18.4 Å². The standard InChI is InChI=1S/C30H53NO4S/c1-3-4-5-6-7-8-9-10-11-12-13-14-15-16-17-18-19-20-21-22-25-36(33,34)31-27-28-23-24-29(32)30(26-28)35-2/h11-12,23-24,26,31-32H,3-10,13-22,25,27H2,1-2H3/b12-11-. The molecule has 0 aliphatic heterocycles. The van der Waals surface area contributed by atoms with Crippen LogP contribution in [0.15, 0.2) is 30.4 Å². The number of methoxy groups -OCH3 is 1. The van der Waals surface area contributed by atoms with Gasteiger partial charge in [-0.25, -0.2) is 13.1 Å². The van der Waals surface area contributed by atoms with Gasteiger partial charge in [-0.1, -0.05) is 109 Å². The SMILES string of the molecule is CCCCCCCCC/C=C\CCCCCCCCCCCS(=O)(=O)NCc1ccc(O)c(OC)c1. The molecule has 0 aromatic heterocycles. The average molecular weight is 524 g/mol. The van der Waals surface area contributed by atoms with E-state index in [1.54, 1.807) is 12.1 Å². The highest BCUT2D eigenvalue weighted by molar-refractivity contribution is 7.89. The molecule has 0 saturated heterocycles. The molecule has 36 heavy (non-hydrogen) atoms. The summed E-state index contributed by atoms with van der Waals surface area (Å²) < 4.78 is 32.1. The Morgan fingerprint density at radius 1 is 0.778 bits per heavy atom. The van der Waals surface area contributed by atoms with Crippen LogP contribution in [0.4, 0.5) is 0 Å². The van der Waals surface area contributed by atoms with Gasteiger partial charge in [0.1, 0.15) is 0 Å². The minimum absolute atomic E-state index is 0.0469. The van der Waals surface area contributed by atoms with Crippen LogP contribution < -0.4 is 9.46 Å². The second-order valence-electron chi connectivity index (χ2n) is 10.00. The zero-order valence-electron chi connectivity index (χ0n) is 23.1. The van der Waals surface area contributed by atoms with Gasteiger partial charge in [-0.05, 0) is 49.8 Å². The zero-order chi connectivity index (χ0) is 26.3. The van der Waals surface area contributed by atoms with Crippen molar-refractivity contribution >= 4 is 10.0 Å². The molecule has 6 heteroatoms. The summed E-state index contributed by atoms with van der Waals surface area (Å²) >= 11 is 0. The summed E-state index contributed by atoms with van der Waals surface area (Å²) in [6.45, 7) is 2.47. The first-order valence-corrected chi connectivity index (χ1v) is 16.1. The molecule has 0 unspecified atom stereocenters. The monoisotopic (exact) mass is 523 g/mol. The second kappa shape index (κ2) is 21.5. The Bertz CT molecular complexity index is 792. The first kappa shape index (κ1) is 32.5. The van der Waals surface area contributed by atoms with Crippen molar-refractivity contribution in [2.45, 2.75) is 129 Å². The Morgan fingerprint density at radius 2 is 1.28 bits per heavy atom. The normalized spacial score (nSPS) is 11.9. The highest BCUT2D eigenvalue weighted by Crippen LogP contribution is 2.26. The molecule has 0 bridgehead atoms. The van der Waals surface area contributed by atoms with Crippen LogP contribution in [-0.4, -0.2) is 26.4 Å². The van der Waals surface area contributed by atoms with Crippen LogP contribution in [0.25, 0.3) is 0 Å². The van der Waals surface area contributed by atoms with E-state index in [1.807, 2.05) is 0 Å². The van der Waals surface area contributed by atoms with Crippen molar-refractivity contribution in [3.05, 3.63) is 35.9 Å². The van der Waals surface area contributed by atoms with Crippen molar-refractivity contribution in [1.29, 1.82) is 0 Å². The third kappa shape index (κ3) is 17.8. The summed E-state index contributed by atoms with van der Waals surface area (Å²) in [5, 5.41) is 9.63. The fourth-order valence-corrected chi connectivity index (χ4v) is 5.46. The molecule has 1 rings (SSSR count). The number of allylic oxidation sites excluding steroid dienone is 2. The first-order chi connectivity index (χ1) is 17.5. The molecular weight excluding hydrogens is 470 g/mol. The van der Waals surface area contributed by atoms with E-state index in [1.165, 1.54) is 109 Å². The fraction of sp³-hybridized carbons (Fsp3) is 0.733. The second-order valence-corrected chi connectivity index (χ2v) is 11.9. The smallest absolute Gasteiger partial charge is 0.211 e. The Labute approximate surface area is 222 Å². The Balaban J connectivity index is 1.90. The number of rotatable bonds is 24. The van der Waals surface area contributed by atoms with E-state index in [9.17, 15) is 13.5 Å². The van der Waals surface area contributed by atoms with Crippen molar-refractivity contribution in [3.8, 4) is 11.5 Å². The number of phenols is 1. The van der Waals surface area contributed by atoms with Gasteiger partial charge in [-0.2, -0.15) is 0 Å². The Hall–Kier alpha value is -1.53. The molecule has 0 aliphatic rings. The zero-order valence-corrected chi connectivity index (χ0v) is 23.9. The predicted molar refractivity (Wildman–Crippen MR) is 153 cm³/mol. The average Bonchev–Trinajstić information content (AvgIpc) is 2.87. The molecule has 1 aromatic rings. The molecular formula is C30H53NO4S. The molecule has 0 spiro atoms. The van der Waals surface area contributed by atoms with Gasteiger partial charge in [0.05, 0.1) is 12.9 Å². The Kier molecular flexibility index (Phi) is 19.5. The molecule has 0 amide bonds. The maximum absolute atomic E-state index is 12.2. The molecule has 0 heterocycles. The number of phenolic OH excluding ortho intramolecular Hbond substituents is 1. The number of nitrogens with one attached hydrogen (secondary N) is 1. The van der Waals surface area contributed by atoms with Crippen LogP contribution in [0.2, 0.25) is 0 Å². The minimum Gasteiger partial charge on any atom is -0.504 e. The number of benzene rings is 1. The number of hydrogen-bond donors (Lipinski definition) is 2. The maximum Gasteiger partial charge on any atom is 0.211 e. The number of hydrogen-bond acceptors (Lipinski definition) is 4.